The lowest BCUT2D eigenvalue weighted by atomic mass is 10.1. The Balaban J connectivity index is 1.54. The highest BCUT2D eigenvalue weighted by Gasteiger charge is 2.03. The smallest absolute Gasteiger partial charge is 0.305 e. The van der Waals surface area contributed by atoms with E-state index in [2.05, 4.69) is 29.4 Å². The first-order chi connectivity index (χ1) is 13.8. The first-order valence-electron chi connectivity index (χ1n) is 10.3. The van der Waals surface area contributed by atoms with Crippen LogP contribution in [0.3, 0.4) is 0 Å². The van der Waals surface area contributed by atoms with Crippen LogP contribution >= 0.6 is 0 Å². The van der Waals surface area contributed by atoms with Crippen LogP contribution in [0, 0.1) is 0 Å². The minimum atomic E-state index is -0.0876. The molecule has 1 aromatic heterocycles. The molecule has 0 unspecified atom stereocenters. The molecule has 5 nitrogen and oxygen atoms in total. The summed E-state index contributed by atoms with van der Waals surface area (Å²) in [6, 6.07) is 13.9. The van der Waals surface area contributed by atoms with Gasteiger partial charge in [-0.1, -0.05) is 38.0 Å². The third-order valence-corrected chi connectivity index (χ3v) is 4.34. The van der Waals surface area contributed by atoms with E-state index in [1.54, 1.807) is 6.20 Å². The van der Waals surface area contributed by atoms with E-state index in [1.165, 1.54) is 5.56 Å². The average Bonchev–Trinajstić information content (AvgIpc) is 2.73. The number of nitrogens with one attached hydrogen (secondary N) is 1. The molecular weight excluding hydrogens is 352 g/mol. The maximum Gasteiger partial charge on any atom is 0.305 e. The van der Waals surface area contributed by atoms with Crippen LogP contribution in [-0.2, 0) is 16.0 Å². The number of hydrogen-bond acceptors (Lipinski definition) is 5. The standard InChI is InChI=1S/C23H32N2O3/c1-2-3-6-18-28-23(26)11-7-9-20-12-14-21(15-13-20)27-19-8-17-25-22-10-4-5-16-24-22/h4-5,10,12-16H,2-3,6-9,11,17-19H2,1H3,(H,24,25). The number of esters is 1. The summed E-state index contributed by atoms with van der Waals surface area (Å²) in [6.07, 6.45) is 8.05. The largest absolute Gasteiger partial charge is 0.494 e. The summed E-state index contributed by atoms with van der Waals surface area (Å²) in [5.41, 5.74) is 1.21. The summed E-state index contributed by atoms with van der Waals surface area (Å²) in [5.74, 6) is 1.67. The van der Waals surface area contributed by atoms with Gasteiger partial charge in [0.15, 0.2) is 0 Å². The number of anilines is 1. The maximum atomic E-state index is 11.7. The van der Waals surface area contributed by atoms with Crippen LogP contribution in [0.4, 0.5) is 5.82 Å². The number of aromatic nitrogens is 1. The number of ether oxygens (including phenoxy) is 2. The van der Waals surface area contributed by atoms with Crippen molar-refractivity contribution in [2.24, 2.45) is 0 Å². The van der Waals surface area contributed by atoms with Gasteiger partial charge >= 0.3 is 5.97 Å². The topological polar surface area (TPSA) is 60.5 Å². The summed E-state index contributed by atoms with van der Waals surface area (Å²) in [6.45, 7) is 4.17. The fraction of sp³-hybridized carbons (Fsp3) is 0.478. The van der Waals surface area contributed by atoms with E-state index in [4.69, 9.17) is 9.47 Å². The Labute approximate surface area is 168 Å². The van der Waals surface area contributed by atoms with Crippen molar-refractivity contribution in [2.45, 2.75) is 51.9 Å². The van der Waals surface area contributed by atoms with Crippen molar-refractivity contribution >= 4 is 11.8 Å². The predicted octanol–water partition coefficient (Wildman–Crippen LogP) is 5.02. The molecule has 0 spiro atoms. The SMILES string of the molecule is CCCCCOC(=O)CCCc1ccc(OCCCNc2ccccn2)cc1. The summed E-state index contributed by atoms with van der Waals surface area (Å²) in [7, 11) is 0. The van der Waals surface area contributed by atoms with Crippen LogP contribution in [0.1, 0.15) is 51.0 Å². The summed E-state index contributed by atoms with van der Waals surface area (Å²) in [4.78, 5) is 15.9. The molecule has 0 aliphatic rings. The normalized spacial score (nSPS) is 10.5. The summed E-state index contributed by atoms with van der Waals surface area (Å²) < 4.78 is 11.0. The van der Waals surface area contributed by atoms with Gasteiger partial charge in [-0.05, 0) is 55.5 Å². The lowest BCUT2D eigenvalue weighted by Gasteiger charge is -2.08. The first kappa shape index (κ1) is 21.7. The second-order valence-corrected chi connectivity index (χ2v) is 6.77. The quantitative estimate of drug-likeness (QED) is 0.366. The fourth-order valence-corrected chi connectivity index (χ4v) is 2.75. The van der Waals surface area contributed by atoms with Gasteiger partial charge in [0.2, 0.25) is 0 Å². The Morgan fingerprint density at radius 2 is 1.86 bits per heavy atom. The summed E-state index contributed by atoms with van der Waals surface area (Å²) in [5, 5.41) is 3.26. The monoisotopic (exact) mass is 384 g/mol. The molecule has 2 rings (SSSR count). The molecule has 1 aromatic carbocycles. The van der Waals surface area contributed by atoms with Crippen molar-refractivity contribution in [2.75, 3.05) is 25.1 Å². The van der Waals surface area contributed by atoms with Crippen molar-refractivity contribution in [3.8, 4) is 5.75 Å². The number of aryl methyl sites for hydroxylation is 1. The van der Waals surface area contributed by atoms with Crippen LogP contribution in [0.25, 0.3) is 0 Å². The third-order valence-electron chi connectivity index (χ3n) is 4.34. The lowest BCUT2D eigenvalue weighted by molar-refractivity contribution is -0.143. The molecule has 28 heavy (non-hydrogen) atoms. The molecule has 0 amide bonds. The van der Waals surface area contributed by atoms with Crippen molar-refractivity contribution < 1.29 is 14.3 Å². The van der Waals surface area contributed by atoms with Crippen molar-refractivity contribution in [3.63, 3.8) is 0 Å². The molecule has 5 heteroatoms. The highest BCUT2D eigenvalue weighted by Crippen LogP contribution is 2.14. The van der Waals surface area contributed by atoms with Crippen molar-refractivity contribution in [1.82, 2.24) is 4.98 Å². The Hall–Kier alpha value is -2.56. The number of pyridine rings is 1. The van der Waals surface area contributed by atoms with Gasteiger partial charge in [0, 0.05) is 19.2 Å². The van der Waals surface area contributed by atoms with Gasteiger partial charge in [-0.25, -0.2) is 4.98 Å². The molecule has 0 radical (unpaired) electrons. The molecule has 0 saturated heterocycles. The van der Waals surface area contributed by atoms with E-state index in [0.717, 1.165) is 56.6 Å². The molecule has 0 saturated carbocycles. The molecule has 1 N–H and O–H groups in total. The highest BCUT2D eigenvalue weighted by atomic mass is 16.5. The van der Waals surface area contributed by atoms with Gasteiger partial charge in [0.05, 0.1) is 13.2 Å². The highest BCUT2D eigenvalue weighted by molar-refractivity contribution is 5.69. The van der Waals surface area contributed by atoms with Gasteiger partial charge in [-0.3, -0.25) is 4.79 Å². The molecule has 2 aromatic rings. The average molecular weight is 385 g/mol. The second kappa shape index (κ2) is 13.6. The molecule has 0 bridgehead atoms. The van der Waals surface area contributed by atoms with E-state index in [1.807, 2.05) is 30.3 Å². The number of carbonyl (C=O) groups excluding carboxylic acids is 1. The Kier molecular flexibility index (Phi) is 10.5. The predicted molar refractivity (Wildman–Crippen MR) is 113 cm³/mol. The molecule has 0 atom stereocenters. The van der Waals surface area contributed by atoms with Gasteiger partial charge in [0.25, 0.3) is 0 Å². The molecule has 0 fully saturated rings. The molecule has 0 aliphatic heterocycles. The van der Waals surface area contributed by atoms with Crippen molar-refractivity contribution in [1.29, 1.82) is 0 Å². The van der Waals surface area contributed by atoms with Gasteiger partial charge in [-0.15, -0.1) is 0 Å². The summed E-state index contributed by atoms with van der Waals surface area (Å²) >= 11 is 0. The lowest BCUT2D eigenvalue weighted by Crippen LogP contribution is -2.08. The zero-order valence-electron chi connectivity index (χ0n) is 16.9. The number of hydrogen-bond donors (Lipinski definition) is 1. The molecule has 152 valence electrons. The van der Waals surface area contributed by atoms with E-state index in [9.17, 15) is 4.79 Å². The van der Waals surface area contributed by atoms with Crippen LogP contribution in [0.15, 0.2) is 48.7 Å². The molecular formula is C23H32N2O3. The first-order valence-corrected chi connectivity index (χ1v) is 10.3. The number of benzene rings is 1. The third kappa shape index (κ3) is 9.40. The Morgan fingerprint density at radius 3 is 2.61 bits per heavy atom. The van der Waals surface area contributed by atoms with Crippen LogP contribution in [0.2, 0.25) is 0 Å². The van der Waals surface area contributed by atoms with Crippen LogP contribution in [-0.4, -0.2) is 30.7 Å². The van der Waals surface area contributed by atoms with Gasteiger partial charge in [0.1, 0.15) is 11.6 Å². The van der Waals surface area contributed by atoms with Gasteiger partial charge in [-0.2, -0.15) is 0 Å². The number of nitrogens with zero attached hydrogens (tertiary/aromatic N) is 1. The molecule has 1 heterocycles. The number of unbranched alkanes of at least 4 members (excludes halogenated alkanes) is 2. The van der Waals surface area contributed by atoms with Crippen LogP contribution < -0.4 is 10.1 Å². The number of carbonyl (C=O) groups is 1. The fourth-order valence-electron chi connectivity index (χ4n) is 2.75. The van der Waals surface area contributed by atoms with E-state index >= 15 is 0 Å². The van der Waals surface area contributed by atoms with Crippen molar-refractivity contribution in [3.05, 3.63) is 54.2 Å². The zero-order chi connectivity index (χ0) is 19.9. The Bertz CT molecular complexity index is 659. The second-order valence-electron chi connectivity index (χ2n) is 6.77. The van der Waals surface area contributed by atoms with Gasteiger partial charge < -0.3 is 14.8 Å². The van der Waals surface area contributed by atoms with Crippen LogP contribution in [0.5, 0.6) is 5.75 Å². The van der Waals surface area contributed by atoms with E-state index in [-0.39, 0.29) is 5.97 Å². The number of rotatable bonds is 14. The minimum absolute atomic E-state index is 0.0876. The maximum absolute atomic E-state index is 11.7. The molecule has 0 aliphatic carbocycles. The Morgan fingerprint density at radius 1 is 1.00 bits per heavy atom. The van der Waals surface area contributed by atoms with E-state index < -0.39 is 0 Å². The minimum Gasteiger partial charge on any atom is -0.494 e. The van der Waals surface area contributed by atoms with E-state index in [0.29, 0.717) is 19.6 Å². The zero-order valence-corrected chi connectivity index (χ0v) is 16.9.